The van der Waals surface area contributed by atoms with Crippen LogP contribution >= 0.6 is 0 Å². The first kappa shape index (κ1) is 13.8. The van der Waals surface area contributed by atoms with E-state index in [0.29, 0.717) is 43.8 Å². The summed E-state index contributed by atoms with van der Waals surface area (Å²) in [5.41, 5.74) is 0.0828. The molecule has 20 heavy (non-hydrogen) atoms. The first-order valence-electron chi connectivity index (χ1n) is 7.74. The van der Waals surface area contributed by atoms with Crippen molar-refractivity contribution in [1.82, 2.24) is 0 Å². The van der Waals surface area contributed by atoms with Crippen LogP contribution in [0.1, 0.15) is 51.9 Å². The third-order valence-corrected chi connectivity index (χ3v) is 4.94. The number of carbonyl (C=O) groups is 2. The summed E-state index contributed by atoms with van der Waals surface area (Å²) in [6.07, 6.45) is 5.95. The Labute approximate surface area is 119 Å². The molecule has 2 aliphatic carbocycles. The van der Waals surface area contributed by atoms with E-state index in [1.54, 1.807) is 0 Å². The molecule has 4 nitrogen and oxygen atoms in total. The fourth-order valence-corrected chi connectivity index (χ4v) is 3.79. The molecule has 0 aromatic rings. The van der Waals surface area contributed by atoms with Crippen molar-refractivity contribution in [2.75, 3.05) is 0 Å². The van der Waals surface area contributed by atoms with E-state index in [1.165, 1.54) is 0 Å². The number of epoxide rings is 1. The SMILES string of the molecule is CCCC(=O)C1=C(O)CC(C2CCC3OC3C2)CC1=O. The van der Waals surface area contributed by atoms with Crippen LogP contribution in [0.25, 0.3) is 0 Å². The molecule has 0 aromatic carbocycles. The Morgan fingerprint density at radius 1 is 1.25 bits per heavy atom. The molecule has 1 saturated carbocycles. The maximum Gasteiger partial charge on any atom is 0.170 e. The number of hydrogen-bond acceptors (Lipinski definition) is 4. The average molecular weight is 278 g/mol. The van der Waals surface area contributed by atoms with Gasteiger partial charge in [0.05, 0.1) is 17.8 Å². The number of rotatable bonds is 4. The number of ketones is 2. The van der Waals surface area contributed by atoms with Gasteiger partial charge < -0.3 is 9.84 Å². The van der Waals surface area contributed by atoms with Gasteiger partial charge >= 0.3 is 0 Å². The van der Waals surface area contributed by atoms with Crippen LogP contribution in [0.5, 0.6) is 0 Å². The van der Waals surface area contributed by atoms with E-state index in [0.717, 1.165) is 19.3 Å². The third kappa shape index (κ3) is 2.53. The van der Waals surface area contributed by atoms with Crippen molar-refractivity contribution < 1.29 is 19.4 Å². The first-order chi connectivity index (χ1) is 9.60. The predicted molar refractivity (Wildman–Crippen MR) is 73.3 cm³/mol. The molecular formula is C16H22O4. The number of aliphatic hydroxyl groups is 1. The smallest absolute Gasteiger partial charge is 0.170 e. The van der Waals surface area contributed by atoms with E-state index >= 15 is 0 Å². The largest absolute Gasteiger partial charge is 0.511 e. The Kier molecular flexibility index (Phi) is 3.67. The molecule has 0 amide bonds. The summed E-state index contributed by atoms with van der Waals surface area (Å²) in [7, 11) is 0. The van der Waals surface area contributed by atoms with Gasteiger partial charge in [-0.05, 0) is 37.5 Å². The van der Waals surface area contributed by atoms with Crippen LogP contribution in [-0.2, 0) is 14.3 Å². The zero-order chi connectivity index (χ0) is 14.3. The van der Waals surface area contributed by atoms with Gasteiger partial charge in [-0.2, -0.15) is 0 Å². The second-order valence-corrected chi connectivity index (χ2v) is 6.37. The molecule has 1 aliphatic heterocycles. The summed E-state index contributed by atoms with van der Waals surface area (Å²) < 4.78 is 5.53. The monoisotopic (exact) mass is 278 g/mol. The number of hydrogen-bond donors (Lipinski definition) is 1. The maximum absolute atomic E-state index is 12.2. The molecule has 2 fully saturated rings. The Morgan fingerprint density at radius 3 is 2.70 bits per heavy atom. The quantitative estimate of drug-likeness (QED) is 0.634. The van der Waals surface area contributed by atoms with E-state index < -0.39 is 0 Å². The van der Waals surface area contributed by atoms with E-state index in [4.69, 9.17) is 4.74 Å². The molecule has 0 spiro atoms. The summed E-state index contributed by atoms with van der Waals surface area (Å²) >= 11 is 0. The molecule has 0 aromatic heterocycles. The summed E-state index contributed by atoms with van der Waals surface area (Å²) in [6.45, 7) is 1.90. The standard InChI is InChI=1S/C16H22O4/c1-2-3-11(17)16-12(18)6-10(7-13(16)19)9-4-5-14-15(8-9)20-14/h9-10,14-15,18H,2-8H2,1H3. The van der Waals surface area contributed by atoms with Crippen molar-refractivity contribution in [2.45, 2.75) is 64.1 Å². The minimum absolute atomic E-state index is 0.0311. The van der Waals surface area contributed by atoms with E-state index in [-0.39, 0.29) is 28.8 Å². The minimum atomic E-state index is -0.192. The van der Waals surface area contributed by atoms with Crippen LogP contribution in [0.3, 0.4) is 0 Å². The Hall–Kier alpha value is -1.16. The molecule has 1 heterocycles. The average Bonchev–Trinajstić information content (AvgIpc) is 3.16. The number of carbonyl (C=O) groups excluding carboxylic acids is 2. The van der Waals surface area contributed by atoms with Crippen molar-refractivity contribution >= 4 is 11.6 Å². The number of allylic oxidation sites excluding steroid dienone is 2. The molecule has 0 bridgehead atoms. The molecule has 4 atom stereocenters. The van der Waals surface area contributed by atoms with Crippen molar-refractivity contribution in [3.8, 4) is 0 Å². The molecule has 1 saturated heterocycles. The molecule has 0 radical (unpaired) electrons. The van der Waals surface area contributed by atoms with Crippen LogP contribution in [0.15, 0.2) is 11.3 Å². The molecule has 4 heteroatoms. The number of ether oxygens (including phenoxy) is 1. The molecule has 4 unspecified atom stereocenters. The van der Waals surface area contributed by atoms with Crippen molar-refractivity contribution in [3.05, 3.63) is 11.3 Å². The van der Waals surface area contributed by atoms with E-state index in [2.05, 4.69) is 0 Å². The van der Waals surface area contributed by atoms with Gasteiger partial charge in [0.25, 0.3) is 0 Å². The number of fused-ring (bicyclic) bond motifs is 1. The third-order valence-electron chi connectivity index (χ3n) is 4.94. The van der Waals surface area contributed by atoms with Crippen molar-refractivity contribution in [1.29, 1.82) is 0 Å². The van der Waals surface area contributed by atoms with Crippen LogP contribution < -0.4 is 0 Å². The highest BCUT2D eigenvalue weighted by molar-refractivity contribution is 6.20. The van der Waals surface area contributed by atoms with Crippen LogP contribution in [0.2, 0.25) is 0 Å². The summed E-state index contributed by atoms with van der Waals surface area (Å²) in [5.74, 6) is 0.320. The molecule has 110 valence electrons. The Bertz CT molecular complexity index is 465. The lowest BCUT2D eigenvalue weighted by Gasteiger charge is -2.31. The fourth-order valence-electron chi connectivity index (χ4n) is 3.79. The lowest BCUT2D eigenvalue weighted by atomic mass is 9.72. The highest BCUT2D eigenvalue weighted by atomic mass is 16.6. The predicted octanol–water partition coefficient (Wildman–Crippen LogP) is 2.71. The van der Waals surface area contributed by atoms with Gasteiger partial charge in [0.15, 0.2) is 11.6 Å². The zero-order valence-electron chi connectivity index (χ0n) is 11.9. The summed E-state index contributed by atoms with van der Waals surface area (Å²) in [5, 5.41) is 10.1. The van der Waals surface area contributed by atoms with E-state index in [9.17, 15) is 14.7 Å². The Morgan fingerprint density at radius 2 is 2.05 bits per heavy atom. The van der Waals surface area contributed by atoms with Crippen LogP contribution in [0, 0.1) is 11.8 Å². The van der Waals surface area contributed by atoms with E-state index in [1.807, 2.05) is 6.92 Å². The topological polar surface area (TPSA) is 66.9 Å². The minimum Gasteiger partial charge on any atom is -0.511 e. The van der Waals surface area contributed by atoms with Crippen molar-refractivity contribution in [3.63, 3.8) is 0 Å². The Balaban J connectivity index is 1.70. The normalized spacial score (nSPS) is 36.8. The summed E-state index contributed by atoms with van der Waals surface area (Å²) in [4.78, 5) is 24.1. The zero-order valence-corrected chi connectivity index (χ0v) is 11.9. The fraction of sp³-hybridized carbons (Fsp3) is 0.750. The van der Waals surface area contributed by atoms with Gasteiger partial charge in [0.1, 0.15) is 5.76 Å². The highest BCUT2D eigenvalue weighted by Gasteiger charge is 2.46. The highest BCUT2D eigenvalue weighted by Crippen LogP contribution is 2.45. The van der Waals surface area contributed by atoms with Crippen LogP contribution in [-0.4, -0.2) is 28.9 Å². The molecule has 3 rings (SSSR count). The maximum atomic E-state index is 12.2. The molecule has 1 N–H and O–H groups in total. The first-order valence-corrected chi connectivity index (χ1v) is 7.74. The van der Waals surface area contributed by atoms with Crippen LogP contribution in [0.4, 0.5) is 0 Å². The van der Waals surface area contributed by atoms with Gasteiger partial charge in [-0.15, -0.1) is 0 Å². The van der Waals surface area contributed by atoms with Gasteiger partial charge in [0, 0.05) is 19.3 Å². The summed E-state index contributed by atoms with van der Waals surface area (Å²) in [6, 6.07) is 0. The van der Waals surface area contributed by atoms with Gasteiger partial charge in [0.2, 0.25) is 0 Å². The lowest BCUT2D eigenvalue weighted by molar-refractivity contribution is -0.123. The number of aliphatic hydroxyl groups excluding tert-OH is 1. The van der Waals surface area contributed by atoms with Gasteiger partial charge in [-0.1, -0.05) is 6.92 Å². The molecule has 3 aliphatic rings. The van der Waals surface area contributed by atoms with Gasteiger partial charge in [-0.3, -0.25) is 9.59 Å². The second kappa shape index (κ2) is 5.32. The number of Topliss-reactive ketones (excluding diaryl/α,β-unsaturated/α-hetero) is 2. The lowest BCUT2D eigenvalue weighted by Crippen LogP contribution is -2.30. The van der Waals surface area contributed by atoms with Crippen molar-refractivity contribution in [2.24, 2.45) is 11.8 Å². The van der Waals surface area contributed by atoms with Gasteiger partial charge in [-0.25, -0.2) is 0 Å². The second-order valence-electron chi connectivity index (χ2n) is 6.37. The molecular weight excluding hydrogens is 256 g/mol.